The number of hydrogen-bond donors (Lipinski definition) is 0. The summed E-state index contributed by atoms with van der Waals surface area (Å²) in [7, 11) is 0. The van der Waals surface area contributed by atoms with Crippen LogP contribution in [0.5, 0.6) is 0 Å². The summed E-state index contributed by atoms with van der Waals surface area (Å²) in [5.41, 5.74) is 1.47. The minimum absolute atomic E-state index is 0.0931. The highest BCUT2D eigenvalue weighted by Crippen LogP contribution is 2.32. The van der Waals surface area contributed by atoms with Crippen LogP contribution >= 0.6 is 11.8 Å². The van der Waals surface area contributed by atoms with Gasteiger partial charge in [-0.3, -0.25) is 9.59 Å². The average Bonchev–Trinajstić information content (AvgIpc) is 2.79. The molecule has 29 heavy (non-hydrogen) atoms. The quantitative estimate of drug-likeness (QED) is 0.773. The van der Waals surface area contributed by atoms with Crippen LogP contribution in [0.25, 0.3) is 0 Å². The van der Waals surface area contributed by atoms with E-state index >= 15 is 0 Å². The molecule has 2 unspecified atom stereocenters. The van der Waals surface area contributed by atoms with Gasteiger partial charge in [0.05, 0.1) is 5.92 Å². The second-order valence-corrected chi connectivity index (χ2v) is 8.92. The van der Waals surface area contributed by atoms with Crippen molar-refractivity contribution < 1.29 is 14.0 Å². The third kappa shape index (κ3) is 4.64. The number of carbonyl (C=O) groups excluding carboxylic acids is 2. The SMILES string of the molecule is O=C(c1cccc(F)c1)N1CC(C(=O)N2CCSCC2)CC(c2ccccc2)C1. The predicted octanol–water partition coefficient (Wildman–Crippen LogP) is 3.65. The predicted molar refractivity (Wildman–Crippen MR) is 113 cm³/mol. The lowest BCUT2D eigenvalue weighted by Gasteiger charge is -2.40. The number of nitrogens with zero attached hydrogens (tertiary/aromatic N) is 2. The number of halogens is 1. The lowest BCUT2D eigenvalue weighted by Crippen LogP contribution is -2.50. The summed E-state index contributed by atoms with van der Waals surface area (Å²) in [6.45, 7) is 2.47. The van der Waals surface area contributed by atoms with E-state index in [1.807, 2.05) is 34.9 Å². The highest BCUT2D eigenvalue weighted by molar-refractivity contribution is 7.99. The Morgan fingerprint density at radius 1 is 0.931 bits per heavy atom. The first-order chi connectivity index (χ1) is 14.1. The van der Waals surface area contributed by atoms with Crippen LogP contribution in [0, 0.1) is 11.7 Å². The summed E-state index contributed by atoms with van der Waals surface area (Å²) >= 11 is 1.87. The van der Waals surface area contributed by atoms with Gasteiger partial charge < -0.3 is 9.80 Å². The van der Waals surface area contributed by atoms with Gasteiger partial charge in [0.25, 0.3) is 5.91 Å². The van der Waals surface area contributed by atoms with Crippen molar-refractivity contribution in [1.82, 2.24) is 9.80 Å². The van der Waals surface area contributed by atoms with Crippen LogP contribution in [0.1, 0.15) is 28.3 Å². The Morgan fingerprint density at radius 3 is 2.41 bits per heavy atom. The van der Waals surface area contributed by atoms with Gasteiger partial charge in [-0.1, -0.05) is 36.4 Å². The number of amides is 2. The second kappa shape index (κ2) is 8.99. The van der Waals surface area contributed by atoms with Crippen molar-refractivity contribution >= 4 is 23.6 Å². The van der Waals surface area contributed by atoms with E-state index in [-0.39, 0.29) is 23.7 Å². The van der Waals surface area contributed by atoms with Gasteiger partial charge >= 0.3 is 0 Å². The third-order valence-corrected chi connectivity index (χ3v) is 6.69. The maximum Gasteiger partial charge on any atom is 0.253 e. The molecule has 2 aliphatic heterocycles. The molecular formula is C23H25FN2O2S. The summed E-state index contributed by atoms with van der Waals surface area (Å²) in [4.78, 5) is 30.0. The fraction of sp³-hybridized carbons (Fsp3) is 0.391. The maximum atomic E-state index is 13.7. The number of carbonyl (C=O) groups is 2. The van der Waals surface area contributed by atoms with Gasteiger partial charge in [-0.25, -0.2) is 4.39 Å². The molecule has 0 saturated carbocycles. The normalized spacial score (nSPS) is 22.4. The van der Waals surface area contributed by atoms with Gasteiger partial charge in [0, 0.05) is 49.2 Å². The third-order valence-electron chi connectivity index (χ3n) is 5.75. The largest absolute Gasteiger partial charge is 0.341 e. The molecule has 6 heteroatoms. The summed E-state index contributed by atoms with van der Waals surface area (Å²) in [5.74, 6) is 1.30. The van der Waals surface area contributed by atoms with E-state index in [0.717, 1.165) is 36.6 Å². The molecule has 0 bridgehead atoms. The molecular weight excluding hydrogens is 387 g/mol. The van der Waals surface area contributed by atoms with Crippen LogP contribution in [0.15, 0.2) is 54.6 Å². The highest BCUT2D eigenvalue weighted by Gasteiger charge is 2.37. The molecule has 4 rings (SSSR count). The molecule has 0 spiro atoms. The Kier molecular flexibility index (Phi) is 6.19. The number of piperidine rings is 1. The fourth-order valence-corrected chi connectivity index (χ4v) is 5.16. The van der Waals surface area contributed by atoms with Gasteiger partial charge in [-0.05, 0) is 30.2 Å². The number of benzene rings is 2. The zero-order valence-corrected chi connectivity index (χ0v) is 17.1. The molecule has 0 radical (unpaired) electrons. The Hall–Kier alpha value is -2.34. The summed E-state index contributed by atoms with van der Waals surface area (Å²) in [5, 5.41) is 0. The minimum Gasteiger partial charge on any atom is -0.341 e. The smallest absolute Gasteiger partial charge is 0.253 e. The van der Waals surface area contributed by atoms with Gasteiger partial charge in [0.1, 0.15) is 5.82 Å². The molecule has 2 atom stereocenters. The van der Waals surface area contributed by atoms with Crippen molar-refractivity contribution in [3.63, 3.8) is 0 Å². The molecule has 2 heterocycles. The van der Waals surface area contributed by atoms with Crippen LogP contribution in [0.3, 0.4) is 0 Å². The first-order valence-corrected chi connectivity index (χ1v) is 11.2. The van der Waals surface area contributed by atoms with Crippen LogP contribution in [-0.4, -0.2) is 59.3 Å². The van der Waals surface area contributed by atoms with Crippen LogP contribution in [-0.2, 0) is 4.79 Å². The lowest BCUT2D eigenvalue weighted by molar-refractivity contribution is -0.136. The Bertz CT molecular complexity index is 870. The van der Waals surface area contributed by atoms with Gasteiger partial charge in [0.2, 0.25) is 5.91 Å². The molecule has 0 aliphatic carbocycles. The number of thioether (sulfide) groups is 1. The van der Waals surface area contributed by atoms with E-state index in [2.05, 4.69) is 12.1 Å². The Labute approximate surface area is 175 Å². The molecule has 2 fully saturated rings. The second-order valence-electron chi connectivity index (χ2n) is 7.70. The molecule has 4 nitrogen and oxygen atoms in total. The van der Waals surface area contributed by atoms with E-state index in [1.54, 1.807) is 17.0 Å². The topological polar surface area (TPSA) is 40.6 Å². The zero-order chi connectivity index (χ0) is 20.2. The van der Waals surface area contributed by atoms with Crippen LogP contribution in [0.4, 0.5) is 4.39 Å². The molecule has 2 saturated heterocycles. The monoisotopic (exact) mass is 412 g/mol. The molecule has 2 aliphatic rings. The summed E-state index contributed by atoms with van der Waals surface area (Å²) in [6.07, 6.45) is 0.736. The molecule has 2 aromatic rings. The van der Waals surface area contributed by atoms with Crippen molar-refractivity contribution in [3.05, 3.63) is 71.5 Å². The average molecular weight is 413 g/mol. The fourth-order valence-electron chi connectivity index (χ4n) is 4.26. The Balaban J connectivity index is 1.58. The maximum absolute atomic E-state index is 13.7. The van der Waals surface area contributed by atoms with Crippen molar-refractivity contribution in [2.45, 2.75) is 12.3 Å². The molecule has 152 valence electrons. The standard InChI is InChI=1S/C23H25FN2O2S/c24-21-8-4-7-18(14-21)22(27)26-15-19(17-5-2-1-3-6-17)13-20(16-26)23(28)25-9-11-29-12-10-25/h1-8,14,19-20H,9-13,15-16H2. The van der Waals surface area contributed by atoms with E-state index in [9.17, 15) is 14.0 Å². The van der Waals surface area contributed by atoms with Crippen molar-refractivity contribution in [2.24, 2.45) is 5.92 Å². The van der Waals surface area contributed by atoms with Gasteiger partial charge in [-0.2, -0.15) is 11.8 Å². The molecule has 0 N–H and O–H groups in total. The summed E-state index contributed by atoms with van der Waals surface area (Å²) < 4.78 is 13.7. The van der Waals surface area contributed by atoms with Gasteiger partial charge in [-0.15, -0.1) is 0 Å². The minimum atomic E-state index is -0.425. The molecule has 0 aromatic heterocycles. The van der Waals surface area contributed by atoms with Crippen LogP contribution in [0.2, 0.25) is 0 Å². The van der Waals surface area contributed by atoms with Crippen molar-refractivity contribution in [3.8, 4) is 0 Å². The highest BCUT2D eigenvalue weighted by atomic mass is 32.2. The number of likely N-dealkylation sites (tertiary alicyclic amines) is 1. The lowest BCUT2D eigenvalue weighted by atomic mass is 9.83. The first-order valence-electron chi connectivity index (χ1n) is 10.1. The van der Waals surface area contributed by atoms with E-state index in [1.165, 1.54) is 12.1 Å². The number of hydrogen-bond acceptors (Lipinski definition) is 3. The number of rotatable bonds is 3. The van der Waals surface area contributed by atoms with Crippen LogP contribution < -0.4 is 0 Å². The Morgan fingerprint density at radius 2 is 1.69 bits per heavy atom. The van der Waals surface area contributed by atoms with Gasteiger partial charge in [0.15, 0.2) is 0 Å². The van der Waals surface area contributed by atoms with E-state index < -0.39 is 5.82 Å². The molecule has 2 aromatic carbocycles. The van der Waals surface area contributed by atoms with Crippen molar-refractivity contribution in [2.75, 3.05) is 37.7 Å². The molecule has 2 amide bonds. The van der Waals surface area contributed by atoms with Crippen molar-refractivity contribution in [1.29, 1.82) is 0 Å². The first kappa shape index (κ1) is 20.0. The zero-order valence-electron chi connectivity index (χ0n) is 16.3. The van der Waals surface area contributed by atoms with E-state index in [0.29, 0.717) is 18.7 Å². The van der Waals surface area contributed by atoms with E-state index in [4.69, 9.17) is 0 Å². The summed E-state index contributed by atoms with van der Waals surface area (Å²) in [6, 6.07) is 15.8.